The third-order valence-corrected chi connectivity index (χ3v) is 5.77. The fourth-order valence-electron chi connectivity index (χ4n) is 2.08. The summed E-state index contributed by atoms with van der Waals surface area (Å²) in [4.78, 5) is 4.27. The van der Waals surface area contributed by atoms with Crippen molar-refractivity contribution in [3.63, 3.8) is 0 Å². The van der Waals surface area contributed by atoms with Crippen LogP contribution < -0.4 is 5.32 Å². The number of hydrogen-bond acceptors (Lipinski definition) is 5. The lowest BCUT2D eigenvalue weighted by Gasteiger charge is -2.18. The Kier molecular flexibility index (Phi) is 12.2. The van der Waals surface area contributed by atoms with E-state index in [1.807, 2.05) is 30.3 Å². The molecule has 0 aliphatic heterocycles. The van der Waals surface area contributed by atoms with Crippen molar-refractivity contribution in [2.75, 3.05) is 31.8 Å². The number of hydrogen-bond donors (Lipinski definition) is 1. The fourth-order valence-corrected chi connectivity index (χ4v) is 3.92. The molecule has 1 rings (SSSR count). The van der Waals surface area contributed by atoms with Crippen LogP contribution in [0.2, 0.25) is 0 Å². The number of nitrogens with zero attached hydrogens (tertiary/aromatic N) is 1. The zero-order valence-electron chi connectivity index (χ0n) is 16.5. The van der Waals surface area contributed by atoms with Crippen LogP contribution in [0.5, 0.6) is 0 Å². The Labute approximate surface area is 168 Å². The Bertz CT molecular complexity index is 611. The van der Waals surface area contributed by atoms with Gasteiger partial charge in [0.05, 0.1) is 26.5 Å². The largest absolute Gasteiger partial charge is 0.484 e. The van der Waals surface area contributed by atoms with Crippen LogP contribution in [-0.2, 0) is 18.3 Å². The van der Waals surface area contributed by atoms with Crippen LogP contribution in [0, 0.1) is 0 Å². The molecule has 0 amide bonds. The minimum atomic E-state index is -3.18. The van der Waals surface area contributed by atoms with Gasteiger partial charge in [-0.15, -0.1) is 0 Å². The van der Waals surface area contributed by atoms with Crippen molar-refractivity contribution in [3.8, 4) is 0 Å². The second kappa shape index (κ2) is 13.8. The van der Waals surface area contributed by atoms with Crippen molar-refractivity contribution in [2.24, 2.45) is 4.99 Å². The van der Waals surface area contributed by atoms with Crippen molar-refractivity contribution in [3.05, 3.63) is 30.3 Å². The molecule has 0 saturated heterocycles. The summed E-state index contributed by atoms with van der Waals surface area (Å²) in [6, 6.07) is 9.52. The molecule has 1 aromatic rings. The molecule has 8 heteroatoms. The van der Waals surface area contributed by atoms with Crippen LogP contribution in [0.1, 0.15) is 46.0 Å². The predicted octanol–water partition coefficient (Wildman–Crippen LogP) is 5.64. The predicted molar refractivity (Wildman–Crippen MR) is 116 cm³/mol. The van der Waals surface area contributed by atoms with Crippen molar-refractivity contribution >= 4 is 36.5 Å². The summed E-state index contributed by atoms with van der Waals surface area (Å²) in [5.74, 6) is 0.391. The average Bonchev–Trinajstić information content (AvgIpc) is 2.66. The summed E-state index contributed by atoms with van der Waals surface area (Å²) >= 11 is 5.25. The summed E-state index contributed by atoms with van der Waals surface area (Å²) in [5, 5.41) is 3.30. The molecule has 6 nitrogen and oxygen atoms in total. The molecule has 0 fully saturated rings. The fraction of sp³-hybridized carbons (Fsp3) is 0.579. The van der Waals surface area contributed by atoms with Crippen LogP contribution in [-0.4, -0.2) is 37.5 Å². The van der Waals surface area contributed by atoms with Gasteiger partial charge in [-0.2, -0.15) is 4.99 Å². The Morgan fingerprint density at radius 3 is 2.22 bits per heavy atom. The number of thiocarbonyl (C=S) groups is 1. The van der Waals surface area contributed by atoms with Crippen molar-refractivity contribution in [1.82, 2.24) is 0 Å². The van der Waals surface area contributed by atoms with Gasteiger partial charge in [0.2, 0.25) is 0 Å². The van der Waals surface area contributed by atoms with Crippen LogP contribution in [0.4, 0.5) is 5.69 Å². The third kappa shape index (κ3) is 10.6. The summed E-state index contributed by atoms with van der Waals surface area (Å²) < 4.78 is 29.4. The summed E-state index contributed by atoms with van der Waals surface area (Å²) in [6.45, 7) is 4.96. The molecule has 1 N–H and O–H groups in total. The van der Waals surface area contributed by atoms with E-state index in [0.717, 1.165) is 31.4 Å². The normalized spacial score (nSPS) is 12.0. The van der Waals surface area contributed by atoms with E-state index in [2.05, 4.69) is 24.2 Å². The molecule has 0 aromatic heterocycles. The van der Waals surface area contributed by atoms with Gasteiger partial charge in [0, 0.05) is 12.1 Å². The summed E-state index contributed by atoms with van der Waals surface area (Å²) in [7, 11) is -1.66. The molecule has 1 aromatic carbocycles. The molecule has 0 atom stereocenters. The number of benzene rings is 1. The molecule has 0 aliphatic carbocycles. The molecule has 27 heavy (non-hydrogen) atoms. The minimum absolute atomic E-state index is 0.209. The standard InChI is InChI=1S/C19H31N2O4PS/c1-4-6-14-24-26(22,25-15-7-5-2)16-13-18(23-3)21-19(27)20-17-11-9-8-10-12-17/h8-12H,4-7,13-16H2,1-3H3,(H,20,27). The van der Waals surface area contributed by atoms with Gasteiger partial charge < -0.3 is 19.1 Å². The highest BCUT2D eigenvalue weighted by molar-refractivity contribution is 7.80. The Morgan fingerprint density at radius 2 is 1.70 bits per heavy atom. The van der Waals surface area contributed by atoms with Gasteiger partial charge in [-0.3, -0.25) is 4.57 Å². The number of methoxy groups -OCH3 is 1. The van der Waals surface area contributed by atoms with E-state index in [0.29, 0.717) is 25.5 Å². The smallest absolute Gasteiger partial charge is 0.331 e. The van der Waals surface area contributed by atoms with Gasteiger partial charge in [0.15, 0.2) is 11.0 Å². The van der Waals surface area contributed by atoms with Crippen LogP contribution in [0.25, 0.3) is 0 Å². The van der Waals surface area contributed by atoms with Gasteiger partial charge in [-0.05, 0) is 37.2 Å². The van der Waals surface area contributed by atoms with Crippen molar-refractivity contribution < 1.29 is 18.3 Å². The first kappa shape index (κ1) is 23.8. The van der Waals surface area contributed by atoms with Crippen LogP contribution >= 0.6 is 19.8 Å². The molecule has 0 saturated carbocycles. The molecule has 0 bridgehead atoms. The molecule has 0 spiro atoms. The van der Waals surface area contributed by atoms with Crippen molar-refractivity contribution in [2.45, 2.75) is 46.0 Å². The van der Waals surface area contributed by atoms with E-state index in [1.54, 1.807) is 0 Å². The number of ether oxygens (including phenoxy) is 1. The van der Waals surface area contributed by atoms with Gasteiger partial charge in [-0.1, -0.05) is 44.9 Å². The highest BCUT2D eigenvalue weighted by atomic mass is 32.1. The lowest BCUT2D eigenvalue weighted by Crippen LogP contribution is -2.14. The number of aliphatic imine (C=N–C) groups is 1. The third-order valence-electron chi connectivity index (χ3n) is 3.66. The zero-order valence-corrected chi connectivity index (χ0v) is 18.2. The van der Waals surface area contributed by atoms with Crippen molar-refractivity contribution in [1.29, 1.82) is 0 Å². The number of anilines is 1. The number of rotatable bonds is 12. The quantitative estimate of drug-likeness (QED) is 0.157. The van der Waals surface area contributed by atoms with E-state index in [9.17, 15) is 4.57 Å². The maximum atomic E-state index is 13.0. The number of nitrogens with one attached hydrogen (secondary N) is 1. The lowest BCUT2D eigenvalue weighted by atomic mass is 10.3. The summed E-state index contributed by atoms with van der Waals surface area (Å²) in [5.41, 5.74) is 0.846. The van der Waals surface area contributed by atoms with Gasteiger partial charge in [-0.25, -0.2) is 0 Å². The number of unbranched alkanes of at least 4 members (excludes halogenated alkanes) is 2. The minimum Gasteiger partial charge on any atom is -0.484 e. The second-order valence-electron chi connectivity index (χ2n) is 5.96. The zero-order chi connectivity index (χ0) is 20.0. The molecule has 152 valence electrons. The van der Waals surface area contributed by atoms with Gasteiger partial charge >= 0.3 is 7.60 Å². The topological polar surface area (TPSA) is 69.2 Å². The average molecular weight is 415 g/mol. The molecule has 0 unspecified atom stereocenters. The van der Waals surface area contributed by atoms with E-state index in [4.69, 9.17) is 26.0 Å². The highest BCUT2D eigenvalue weighted by Gasteiger charge is 2.25. The van der Waals surface area contributed by atoms with Crippen LogP contribution in [0.15, 0.2) is 35.3 Å². The van der Waals surface area contributed by atoms with E-state index < -0.39 is 7.60 Å². The maximum absolute atomic E-state index is 13.0. The first-order valence-corrected chi connectivity index (χ1v) is 11.5. The Hall–Kier alpha value is -1.27. The molecule has 0 heterocycles. The molecular weight excluding hydrogens is 383 g/mol. The SMILES string of the molecule is CCCCOP(=O)(CCC(=NC(=S)Nc1ccccc1)OC)OCCCC. The second-order valence-corrected chi connectivity index (χ2v) is 8.54. The Balaban J connectivity index is 2.64. The summed E-state index contributed by atoms with van der Waals surface area (Å²) in [6.07, 6.45) is 4.16. The maximum Gasteiger partial charge on any atom is 0.331 e. The first-order chi connectivity index (χ1) is 13.0. The molecule has 0 aliphatic rings. The highest BCUT2D eigenvalue weighted by Crippen LogP contribution is 2.49. The monoisotopic (exact) mass is 414 g/mol. The van der Waals surface area contributed by atoms with E-state index in [1.165, 1.54) is 7.11 Å². The van der Waals surface area contributed by atoms with Gasteiger partial charge in [0.25, 0.3) is 0 Å². The molecule has 0 radical (unpaired) electrons. The lowest BCUT2D eigenvalue weighted by molar-refractivity contribution is 0.200. The van der Waals surface area contributed by atoms with Crippen LogP contribution in [0.3, 0.4) is 0 Å². The van der Waals surface area contributed by atoms with E-state index in [-0.39, 0.29) is 11.3 Å². The van der Waals surface area contributed by atoms with Gasteiger partial charge in [0.1, 0.15) is 0 Å². The number of para-hydroxylation sites is 1. The van der Waals surface area contributed by atoms with E-state index >= 15 is 0 Å². The molecular formula is C19H31N2O4PS. The first-order valence-electron chi connectivity index (χ1n) is 9.38. The Morgan fingerprint density at radius 1 is 1.11 bits per heavy atom.